The van der Waals surface area contributed by atoms with Gasteiger partial charge in [0, 0.05) is 22.7 Å². The van der Waals surface area contributed by atoms with E-state index in [9.17, 15) is 0 Å². The third kappa shape index (κ3) is 2.47. The second-order valence-corrected chi connectivity index (χ2v) is 6.48. The number of hydrogen-bond acceptors (Lipinski definition) is 8. The Morgan fingerprint density at radius 3 is 2.48 bits per heavy atom. The highest BCUT2D eigenvalue weighted by Gasteiger charge is 2.16. The molecule has 0 saturated heterocycles. The first-order chi connectivity index (χ1) is 12.1. The third-order valence-electron chi connectivity index (χ3n) is 3.93. The highest BCUT2D eigenvalue weighted by Crippen LogP contribution is 2.39. The number of methoxy groups -OCH3 is 2. The maximum absolute atomic E-state index is 6.07. The molecular weight excluding hydrogens is 338 g/mol. The lowest BCUT2D eigenvalue weighted by atomic mass is 10.0. The SMILES string of the molecule is COc1cc2ncnc(-c3cc(N)cc4sc(N)nc34)c2cc1OC. The molecule has 0 atom stereocenters. The zero-order valence-corrected chi connectivity index (χ0v) is 14.4. The summed E-state index contributed by atoms with van der Waals surface area (Å²) in [4.78, 5) is 13.2. The summed E-state index contributed by atoms with van der Waals surface area (Å²) >= 11 is 1.39. The van der Waals surface area contributed by atoms with E-state index < -0.39 is 0 Å². The molecule has 7 nitrogen and oxygen atoms in total. The Morgan fingerprint density at radius 2 is 1.72 bits per heavy atom. The van der Waals surface area contributed by atoms with Crippen molar-refractivity contribution in [1.82, 2.24) is 15.0 Å². The number of nitrogens with two attached hydrogens (primary N) is 2. The fourth-order valence-corrected chi connectivity index (χ4v) is 3.66. The van der Waals surface area contributed by atoms with Crippen LogP contribution < -0.4 is 20.9 Å². The number of nitrogen functional groups attached to an aromatic ring is 2. The Kier molecular flexibility index (Phi) is 3.54. The molecule has 126 valence electrons. The van der Waals surface area contributed by atoms with Gasteiger partial charge in [0.05, 0.1) is 35.6 Å². The Bertz CT molecular complexity index is 1110. The van der Waals surface area contributed by atoms with Gasteiger partial charge in [-0.25, -0.2) is 15.0 Å². The Labute approximate surface area is 147 Å². The van der Waals surface area contributed by atoms with Gasteiger partial charge in [-0.1, -0.05) is 11.3 Å². The molecule has 0 aliphatic carbocycles. The fourth-order valence-electron chi connectivity index (χ4n) is 2.85. The van der Waals surface area contributed by atoms with Gasteiger partial charge in [0.15, 0.2) is 16.6 Å². The first kappa shape index (κ1) is 15.4. The molecule has 25 heavy (non-hydrogen) atoms. The van der Waals surface area contributed by atoms with E-state index in [-0.39, 0.29) is 0 Å². The van der Waals surface area contributed by atoms with E-state index in [1.807, 2.05) is 24.3 Å². The van der Waals surface area contributed by atoms with E-state index in [0.717, 1.165) is 26.7 Å². The molecule has 8 heteroatoms. The number of hydrogen-bond donors (Lipinski definition) is 2. The van der Waals surface area contributed by atoms with Crippen LogP contribution in [0.4, 0.5) is 10.8 Å². The van der Waals surface area contributed by atoms with Gasteiger partial charge in [-0.15, -0.1) is 0 Å². The first-order valence-corrected chi connectivity index (χ1v) is 8.25. The topological polar surface area (TPSA) is 109 Å². The lowest BCUT2D eigenvalue weighted by Crippen LogP contribution is -1.95. The zero-order chi connectivity index (χ0) is 17.6. The molecule has 0 radical (unpaired) electrons. The van der Waals surface area contributed by atoms with E-state index in [4.69, 9.17) is 20.9 Å². The van der Waals surface area contributed by atoms with E-state index in [0.29, 0.717) is 28.0 Å². The van der Waals surface area contributed by atoms with Gasteiger partial charge < -0.3 is 20.9 Å². The van der Waals surface area contributed by atoms with Crippen molar-refractivity contribution in [3.05, 3.63) is 30.6 Å². The van der Waals surface area contributed by atoms with Crippen molar-refractivity contribution in [2.24, 2.45) is 0 Å². The van der Waals surface area contributed by atoms with E-state index in [1.54, 1.807) is 14.2 Å². The largest absolute Gasteiger partial charge is 0.493 e. The van der Waals surface area contributed by atoms with Gasteiger partial charge in [0.2, 0.25) is 0 Å². The summed E-state index contributed by atoms with van der Waals surface area (Å²) in [5.74, 6) is 1.21. The normalized spacial score (nSPS) is 11.1. The van der Waals surface area contributed by atoms with Crippen molar-refractivity contribution in [2.45, 2.75) is 0 Å². The molecule has 0 fully saturated rings. The monoisotopic (exact) mass is 353 g/mol. The van der Waals surface area contributed by atoms with Crippen LogP contribution in [0, 0.1) is 0 Å². The Balaban J connectivity index is 2.08. The van der Waals surface area contributed by atoms with E-state index in [1.165, 1.54) is 17.7 Å². The van der Waals surface area contributed by atoms with Crippen LogP contribution in [-0.2, 0) is 0 Å². The summed E-state index contributed by atoms with van der Waals surface area (Å²) < 4.78 is 11.7. The molecular formula is C17H15N5O2S. The molecule has 4 rings (SSSR count). The number of nitrogens with zero attached hydrogens (tertiary/aromatic N) is 3. The number of anilines is 2. The van der Waals surface area contributed by atoms with Gasteiger partial charge in [0.25, 0.3) is 0 Å². The van der Waals surface area contributed by atoms with Crippen LogP contribution in [-0.4, -0.2) is 29.2 Å². The number of aromatic nitrogens is 3. The summed E-state index contributed by atoms with van der Waals surface area (Å²) in [6, 6.07) is 7.38. The summed E-state index contributed by atoms with van der Waals surface area (Å²) in [7, 11) is 3.18. The van der Waals surface area contributed by atoms with Crippen molar-refractivity contribution >= 4 is 43.3 Å². The average Bonchev–Trinajstić information content (AvgIpc) is 2.99. The number of benzene rings is 2. The highest BCUT2D eigenvalue weighted by molar-refractivity contribution is 7.22. The minimum absolute atomic E-state index is 0.486. The Hall–Kier alpha value is -3.13. The maximum Gasteiger partial charge on any atom is 0.181 e. The molecule has 2 aromatic heterocycles. The average molecular weight is 353 g/mol. The lowest BCUT2D eigenvalue weighted by Gasteiger charge is -2.11. The van der Waals surface area contributed by atoms with Gasteiger partial charge in [-0.05, 0) is 18.2 Å². The van der Waals surface area contributed by atoms with Gasteiger partial charge in [0.1, 0.15) is 6.33 Å². The van der Waals surface area contributed by atoms with Crippen LogP contribution in [0.5, 0.6) is 11.5 Å². The van der Waals surface area contributed by atoms with Crippen LogP contribution in [0.2, 0.25) is 0 Å². The molecule has 0 aliphatic heterocycles. The molecule has 4 N–H and O–H groups in total. The quantitative estimate of drug-likeness (QED) is 0.545. The molecule has 2 aromatic carbocycles. The van der Waals surface area contributed by atoms with Crippen molar-refractivity contribution in [3.8, 4) is 22.8 Å². The predicted octanol–water partition coefficient (Wildman–Crippen LogP) is 3.09. The fraction of sp³-hybridized carbons (Fsp3) is 0.118. The van der Waals surface area contributed by atoms with Gasteiger partial charge in [-0.3, -0.25) is 0 Å². The van der Waals surface area contributed by atoms with Gasteiger partial charge >= 0.3 is 0 Å². The van der Waals surface area contributed by atoms with E-state index >= 15 is 0 Å². The van der Waals surface area contributed by atoms with Gasteiger partial charge in [-0.2, -0.15) is 0 Å². The Morgan fingerprint density at radius 1 is 0.960 bits per heavy atom. The summed E-state index contributed by atoms with van der Waals surface area (Å²) in [5.41, 5.74) is 15.6. The number of fused-ring (bicyclic) bond motifs is 2. The zero-order valence-electron chi connectivity index (χ0n) is 13.6. The first-order valence-electron chi connectivity index (χ1n) is 7.43. The van der Waals surface area contributed by atoms with Crippen molar-refractivity contribution in [1.29, 1.82) is 0 Å². The minimum Gasteiger partial charge on any atom is -0.493 e. The number of thiazole rings is 1. The lowest BCUT2D eigenvalue weighted by molar-refractivity contribution is 0.356. The van der Waals surface area contributed by atoms with Crippen molar-refractivity contribution in [3.63, 3.8) is 0 Å². The third-order valence-corrected chi connectivity index (χ3v) is 4.76. The number of rotatable bonds is 3. The highest BCUT2D eigenvalue weighted by atomic mass is 32.1. The second kappa shape index (κ2) is 5.75. The molecule has 0 spiro atoms. The number of ether oxygens (including phenoxy) is 2. The van der Waals surface area contributed by atoms with Crippen LogP contribution >= 0.6 is 11.3 Å². The maximum atomic E-state index is 6.07. The summed E-state index contributed by atoms with van der Waals surface area (Å²) in [5, 5.41) is 1.30. The molecule has 0 amide bonds. The van der Waals surface area contributed by atoms with Crippen LogP contribution in [0.3, 0.4) is 0 Å². The van der Waals surface area contributed by atoms with Crippen molar-refractivity contribution in [2.75, 3.05) is 25.7 Å². The second-order valence-electron chi connectivity index (χ2n) is 5.41. The standard InChI is InChI=1S/C17H15N5O2S/c1-23-12-5-9-11(6-13(12)24-2)20-7-21-15(9)10-3-8(18)4-14-16(10)22-17(19)25-14/h3-7H,18H2,1-2H3,(H2,19,22). The molecule has 4 aromatic rings. The van der Waals surface area contributed by atoms with E-state index in [2.05, 4.69) is 15.0 Å². The molecule has 2 heterocycles. The summed E-state index contributed by atoms with van der Waals surface area (Å²) in [6.45, 7) is 0. The minimum atomic E-state index is 0.486. The summed E-state index contributed by atoms with van der Waals surface area (Å²) in [6.07, 6.45) is 1.51. The van der Waals surface area contributed by atoms with Crippen LogP contribution in [0.1, 0.15) is 0 Å². The smallest absolute Gasteiger partial charge is 0.181 e. The molecule has 0 unspecified atom stereocenters. The molecule has 0 saturated carbocycles. The van der Waals surface area contributed by atoms with Crippen LogP contribution in [0.25, 0.3) is 32.4 Å². The van der Waals surface area contributed by atoms with Crippen LogP contribution in [0.15, 0.2) is 30.6 Å². The van der Waals surface area contributed by atoms with Crippen molar-refractivity contribution < 1.29 is 9.47 Å². The molecule has 0 aliphatic rings. The molecule has 0 bridgehead atoms. The predicted molar refractivity (Wildman–Crippen MR) is 100 cm³/mol.